The highest BCUT2D eigenvalue weighted by Gasteiger charge is 2.25. The number of likely N-dealkylation sites (tertiary alicyclic amines) is 1. The number of nitrogens with zero attached hydrogens (tertiary/aromatic N) is 5. The van der Waals surface area contributed by atoms with Crippen LogP contribution in [0.25, 0.3) is 0 Å². The van der Waals surface area contributed by atoms with Crippen LogP contribution in [0.1, 0.15) is 29.8 Å². The summed E-state index contributed by atoms with van der Waals surface area (Å²) >= 11 is 1.66. The van der Waals surface area contributed by atoms with Crippen LogP contribution < -0.4 is 4.90 Å². The van der Waals surface area contributed by atoms with E-state index >= 15 is 0 Å². The molecule has 1 unspecified atom stereocenters. The summed E-state index contributed by atoms with van der Waals surface area (Å²) in [4.78, 5) is 7.48. The third-order valence-corrected chi connectivity index (χ3v) is 6.74. The molecule has 0 radical (unpaired) electrons. The lowest BCUT2D eigenvalue weighted by molar-refractivity contribution is 0.124. The van der Waals surface area contributed by atoms with Crippen molar-refractivity contribution >= 4 is 16.5 Å². The summed E-state index contributed by atoms with van der Waals surface area (Å²) in [6.45, 7) is 6.65. The average Bonchev–Trinajstić information content (AvgIpc) is 3.15. The van der Waals surface area contributed by atoms with E-state index in [-0.39, 0.29) is 5.82 Å². The number of halogens is 1. The van der Waals surface area contributed by atoms with Gasteiger partial charge in [-0.15, -0.1) is 10.2 Å². The number of anilines is 1. The van der Waals surface area contributed by atoms with Gasteiger partial charge in [-0.25, -0.2) is 4.39 Å². The van der Waals surface area contributed by atoms with Crippen LogP contribution in [0, 0.1) is 5.82 Å². The molecule has 2 aromatic rings. The van der Waals surface area contributed by atoms with E-state index in [1.165, 1.54) is 44.5 Å². The van der Waals surface area contributed by atoms with Crippen LogP contribution in [0.2, 0.25) is 0 Å². The predicted octanol–water partition coefficient (Wildman–Crippen LogP) is 2.87. The summed E-state index contributed by atoms with van der Waals surface area (Å²) in [5, 5.41) is 10.7. The Morgan fingerprint density at radius 1 is 1.04 bits per heavy atom. The zero-order valence-corrected chi connectivity index (χ0v) is 16.8. The molecule has 5 nitrogen and oxygen atoms in total. The lowest BCUT2D eigenvalue weighted by atomic mass is 10.0. The Morgan fingerprint density at radius 2 is 1.81 bits per heavy atom. The highest BCUT2D eigenvalue weighted by Crippen LogP contribution is 2.24. The summed E-state index contributed by atoms with van der Waals surface area (Å²) in [6.07, 6.45) is 4.76. The van der Waals surface area contributed by atoms with Gasteiger partial charge in [0.2, 0.25) is 5.13 Å². The number of piperidine rings is 1. The Labute approximate surface area is 164 Å². The fourth-order valence-corrected chi connectivity index (χ4v) is 4.94. The monoisotopic (exact) mass is 389 g/mol. The fourth-order valence-electron chi connectivity index (χ4n) is 4.02. The molecule has 2 aliphatic rings. The Balaban J connectivity index is 1.28. The Morgan fingerprint density at radius 3 is 2.56 bits per heavy atom. The topological polar surface area (TPSA) is 35.5 Å². The minimum atomic E-state index is -0.200. The van der Waals surface area contributed by atoms with Crippen LogP contribution >= 0.6 is 11.3 Å². The van der Waals surface area contributed by atoms with Crippen molar-refractivity contribution in [3.8, 4) is 0 Å². The fraction of sp³-hybridized carbons (Fsp3) is 0.600. The highest BCUT2D eigenvalue weighted by molar-refractivity contribution is 7.15. The van der Waals surface area contributed by atoms with Crippen molar-refractivity contribution in [2.75, 3.05) is 51.2 Å². The minimum Gasteiger partial charge on any atom is -0.344 e. The van der Waals surface area contributed by atoms with Crippen LogP contribution in [0.15, 0.2) is 24.3 Å². The molecule has 1 aromatic carbocycles. The van der Waals surface area contributed by atoms with Gasteiger partial charge in [-0.05, 0) is 44.1 Å². The summed E-state index contributed by atoms with van der Waals surface area (Å²) in [6, 6.07) is 7.35. The Kier molecular flexibility index (Phi) is 6.00. The molecular weight excluding hydrogens is 361 g/mol. The molecule has 146 valence electrons. The van der Waals surface area contributed by atoms with E-state index in [1.807, 2.05) is 12.1 Å². The molecule has 1 atom stereocenters. The number of likely N-dealkylation sites (N-methyl/N-ethyl adjacent to an activating group) is 1. The molecule has 0 bridgehead atoms. The Bertz CT molecular complexity index is 726. The van der Waals surface area contributed by atoms with E-state index in [0.717, 1.165) is 41.9 Å². The van der Waals surface area contributed by atoms with Crippen LogP contribution in [0.3, 0.4) is 0 Å². The molecule has 4 rings (SSSR count). The second-order valence-electron chi connectivity index (χ2n) is 7.70. The van der Waals surface area contributed by atoms with Crippen molar-refractivity contribution < 1.29 is 4.39 Å². The van der Waals surface area contributed by atoms with E-state index in [0.29, 0.717) is 12.5 Å². The second-order valence-corrected chi connectivity index (χ2v) is 8.74. The normalized spacial score (nSPS) is 22.3. The maximum Gasteiger partial charge on any atom is 0.208 e. The van der Waals surface area contributed by atoms with Gasteiger partial charge in [0.05, 0.1) is 0 Å². The van der Waals surface area contributed by atoms with Crippen LogP contribution in [-0.4, -0.2) is 72.4 Å². The minimum absolute atomic E-state index is 0.200. The largest absolute Gasteiger partial charge is 0.344 e. The summed E-state index contributed by atoms with van der Waals surface area (Å²) in [7, 11) is 2.27. The molecule has 0 spiro atoms. The van der Waals surface area contributed by atoms with Gasteiger partial charge in [0.25, 0.3) is 0 Å². The van der Waals surface area contributed by atoms with Gasteiger partial charge in [0.15, 0.2) is 0 Å². The van der Waals surface area contributed by atoms with Gasteiger partial charge >= 0.3 is 0 Å². The Hall–Kier alpha value is -1.57. The van der Waals surface area contributed by atoms with Gasteiger partial charge in [0.1, 0.15) is 10.8 Å². The van der Waals surface area contributed by atoms with Crippen molar-refractivity contribution in [2.45, 2.75) is 31.7 Å². The molecule has 2 fully saturated rings. The molecule has 1 aromatic heterocycles. The predicted molar refractivity (Wildman–Crippen MR) is 108 cm³/mol. The van der Waals surface area contributed by atoms with Gasteiger partial charge in [0, 0.05) is 45.2 Å². The number of aromatic nitrogens is 2. The van der Waals surface area contributed by atoms with Gasteiger partial charge in [-0.1, -0.05) is 29.9 Å². The molecule has 7 heteroatoms. The number of hydrogen-bond donors (Lipinski definition) is 0. The molecule has 27 heavy (non-hydrogen) atoms. The number of piperazine rings is 1. The number of hydrogen-bond acceptors (Lipinski definition) is 6. The van der Waals surface area contributed by atoms with Crippen molar-refractivity contribution in [1.29, 1.82) is 0 Å². The van der Waals surface area contributed by atoms with Gasteiger partial charge in [-0.3, -0.25) is 4.90 Å². The van der Waals surface area contributed by atoms with E-state index in [2.05, 4.69) is 31.9 Å². The summed E-state index contributed by atoms with van der Waals surface area (Å²) in [5.41, 5.74) is 1.07. The molecular formula is C20H28FN5S. The van der Waals surface area contributed by atoms with Crippen LogP contribution in [0.4, 0.5) is 9.52 Å². The molecule has 3 heterocycles. The molecule has 0 saturated carbocycles. The first-order valence-corrected chi connectivity index (χ1v) is 10.7. The first-order chi connectivity index (χ1) is 13.2. The van der Waals surface area contributed by atoms with E-state index < -0.39 is 0 Å². The maximum atomic E-state index is 13.0. The standard InChI is InChI=1S/C20H28FN5S/c1-24-9-3-2-4-18(24)15-25-10-12-26(13-11-25)20-23-22-19(27-20)14-16-5-7-17(21)8-6-16/h5-8,18H,2-4,9-15H2,1H3. The smallest absolute Gasteiger partial charge is 0.208 e. The third-order valence-electron chi connectivity index (χ3n) is 5.76. The lowest BCUT2D eigenvalue weighted by Crippen LogP contribution is -2.51. The molecule has 0 amide bonds. The van der Waals surface area contributed by atoms with Crippen LogP contribution in [0.5, 0.6) is 0 Å². The van der Waals surface area contributed by atoms with Crippen LogP contribution in [-0.2, 0) is 6.42 Å². The zero-order chi connectivity index (χ0) is 18.6. The average molecular weight is 390 g/mol. The van der Waals surface area contributed by atoms with E-state index in [1.54, 1.807) is 11.3 Å². The zero-order valence-electron chi connectivity index (χ0n) is 16.0. The van der Waals surface area contributed by atoms with Crippen molar-refractivity contribution in [2.24, 2.45) is 0 Å². The van der Waals surface area contributed by atoms with Crippen molar-refractivity contribution in [1.82, 2.24) is 20.0 Å². The van der Waals surface area contributed by atoms with Gasteiger partial charge < -0.3 is 9.80 Å². The third kappa shape index (κ3) is 4.83. The lowest BCUT2D eigenvalue weighted by Gasteiger charge is -2.40. The molecule has 0 aliphatic carbocycles. The van der Waals surface area contributed by atoms with E-state index in [9.17, 15) is 4.39 Å². The molecule has 2 aliphatic heterocycles. The second kappa shape index (κ2) is 8.63. The van der Waals surface area contributed by atoms with Crippen molar-refractivity contribution in [3.05, 3.63) is 40.7 Å². The molecule has 2 saturated heterocycles. The van der Waals surface area contributed by atoms with Crippen molar-refractivity contribution in [3.63, 3.8) is 0 Å². The quantitative estimate of drug-likeness (QED) is 0.786. The molecule has 0 N–H and O–H groups in total. The SMILES string of the molecule is CN1CCCCC1CN1CCN(c2nnc(Cc3ccc(F)cc3)s2)CC1. The highest BCUT2D eigenvalue weighted by atomic mass is 32.1. The first-order valence-electron chi connectivity index (χ1n) is 9.92. The van der Waals surface area contributed by atoms with Gasteiger partial charge in [-0.2, -0.15) is 0 Å². The summed E-state index contributed by atoms with van der Waals surface area (Å²) in [5.74, 6) is -0.200. The summed E-state index contributed by atoms with van der Waals surface area (Å²) < 4.78 is 13.0. The number of benzene rings is 1. The van der Waals surface area contributed by atoms with E-state index in [4.69, 9.17) is 0 Å². The first kappa shape index (κ1) is 18.8. The number of rotatable bonds is 5. The maximum absolute atomic E-state index is 13.0.